The van der Waals surface area contributed by atoms with Gasteiger partial charge in [-0.1, -0.05) is 12.1 Å². The van der Waals surface area contributed by atoms with Crippen molar-refractivity contribution in [3.8, 4) is 11.5 Å². The van der Waals surface area contributed by atoms with Gasteiger partial charge in [0.1, 0.15) is 11.5 Å². The van der Waals surface area contributed by atoms with Crippen LogP contribution in [-0.4, -0.2) is 43.5 Å². The average Bonchev–Trinajstić information content (AvgIpc) is 2.73. The summed E-state index contributed by atoms with van der Waals surface area (Å²) in [6, 6.07) is 13.4. The third-order valence-electron chi connectivity index (χ3n) is 5.42. The summed E-state index contributed by atoms with van der Waals surface area (Å²) in [6.45, 7) is 1.50. The van der Waals surface area contributed by atoms with Gasteiger partial charge in [-0.2, -0.15) is 0 Å². The van der Waals surface area contributed by atoms with Gasteiger partial charge in [-0.05, 0) is 61.1 Å². The lowest BCUT2D eigenvalue weighted by molar-refractivity contribution is -0.118. The Bertz CT molecular complexity index is 888. The Kier molecular flexibility index (Phi) is 5.19. The molecule has 2 aromatic carbocycles. The highest BCUT2D eigenvalue weighted by Crippen LogP contribution is 2.30. The number of anilines is 1. The average molecular weight is 380 g/mol. The fourth-order valence-corrected chi connectivity index (χ4v) is 3.87. The van der Waals surface area contributed by atoms with Gasteiger partial charge in [0, 0.05) is 18.7 Å². The summed E-state index contributed by atoms with van der Waals surface area (Å²) in [4.78, 5) is 26.3. The first-order valence-electron chi connectivity index (χ1n) is 9.61. The number of fused-ring (bicyclic) bond motifs is 1. The number of carbonyl (C=O) groups is 2. The fourth-order valence-electron chi connectivity index (χ4n) is 3.87. The molecule has 2 amide bonds. The molecule has 0 aromatic heterocycles. The second-order valence-electron chi connectivity index (χ2n) is 7.34. The molecule has 1 saturated heterocycles. The first-order valence-corrected chi connectivity index (χ1v) is 9.61. The predicted octanol–water partition coefficient (Wildman–Crippen LogP) is 3.12. The van der Waals surface area contributed by atoms with Crippen LogP contribution in [0.15, 0.2) is 42.5 Å². The maximum atomic E-state index is 12.9. The molecule has 2 heterocycles. The monoisotopic (exact) mass is 380 g/mol. The highest BCUT2D eigenvalue weighted by atomic mass is 16.5. The van der Waals surface area contributed by atoms with Crippen LogP contribution in [0.2, 0.25) is 0 Å². The summed E-state index contributed by atoms with van der Waals surface area (Å²) in [5.41, 5.74) is 2.42. The van der Waals surface area contributed by atoms with Gasteiger partial charge in [-0.25, -0.2) is 0 Å². The van der Waals surface area contributed by atoms with Gasteiger partial charge in [0.2, 0.25) is 0 Å². The normalized spacial score (nSPS) is 16.8. The molecule has 28 heavy (non-hydrogen) atoms. The molecule has 6 nitrogen and oxygen atoms in total. The fraction of sp³-hybridized carbons (Fsp3) is 0.364. The zero-order valence-electron chi connectivity index (χ0n) is 15.9. The number of ether oxygens (including phenoxy) is 2. The van der Waals surface area contributed by atoms with Crippen LogP contribution in [0.1, 0.15) is 28.8 Å². The second-order valence-corrected chi connectivity index (χ2v) is 7.34. The van der Waals surface area contributed by atoms with Gasteiger partial charge < -0.3 is 19.7 Å². The Morgan fingerprint density at radius 3 is 2.82 bits per heavy atom. The van der Waals surface area contributed by atoms with E-state index in [2.05, 4.69) is 17.4 Å². The van der Waals surface area contributed by atoms with Gasteiger partial charge in [-0.3, -0.25) is 9.59 Å². The molecule has 1 fully saturated rings. The van der Waals surface area contributed by atoms with Gasteiger partial charge in [0.15, 0.2) is 6.61 Å². The Hall–Kier alpha value is -3.02. The molecule has 0 unspecified atom stereocenters. The minimum absolute atomic E-state index is 0.00227. The molecule has 0 radical (unpaired) electrons. The standard InChI is InChI=1S/C22H24N2O4/c1-27-18-4-2-3-16(12-18)11-15-7-9-24(10-8-15)22(26)17-5-6-20-19(13-17)23-21(25)14-28-20/h2-6,12-13,15H,7-11,14H2,1H3,(H,23,25). The van der Waals surface area contributed by atoms with Crippen molar-refractivity contribution in [1.29, 1.82) is 0 Å². The number of benzene rings is 2. The van der Waals surface area contributed by atoms with E-state index in [0.717, 1.165) is 38.1 Å². The van der Waals surface area contributed by atoms with Crippen LogP contribution in [0, 0.1) is 5.92 Å². The van der Waals surface area contributed by atoms with E-state index in [1.165, 1.54) is 5.56 Å². The topological polar surface area (TPSA) is 67.9 Å². The van der Waals surface area contributed by atoms with E-state index in [1.807, 2.05) is 17.0 Å². The Morgan fingerprint density at radius 2 is 2.04 bits per heavy atom. The summed E-state index contributed by atoms with van der Waals surface area (Å²) in [5.74, 6) is 1.85. The van der Waals surface area contributed by atoms with E-state index in [4.69, 9.17) is 9.47 Å². The molecule has 146 valence electrons. The zero-order valence-corrected chi connectivity index (χ0v) is 15.9. The summed E-state index contributed by atoms with van der Waals surface area (Å²) in [5, 5.41) is 2.76. The third-order valence-corrected chi connectivity index (χ3v) is 5.42. The van der Waals surface area contributed by atoms with Crippen LogP contribution in [0.5, 0.6) is 11.5 Å². The molecule has 2 aliphatic rings. The van der Waals surface area contributed by atoms with Crippen LogP contribution in [0.3, 0.4) is 0 Å². The molecule has 0 bridgehead atoms. The molecule has 0 aliphatic carbocycles. The molecule has 1 N–H and O–H groups in total. The van der Waals surface area contributed by atoms with Crippen molar-refractivity contribution in [3.63, 3.8) is 0 Å². The van der Waals surface area contributed by atoms with Crippen LogP contribution < -0.4 is 14.8 Å². The number of hydrogen-bond donors (Lipinski definition) is 1. The van der Waals surface area contributed by atoms with Crippen LogP contribution >= 0.6 is 0 Å². The first kappa shape index (κ1) is 18.3. The minimum Gasteiger partial charge on any atom is -0.497 e. The zero-order chi connectivity index (χ0) is 19.5. The number of rotatable bonds is 4. The van der Waals surface area contributed by atoms with E-state index >= 15 is 0 Å². The predicted molar refractivity (Wildman–Crippen MR) is 106 cm³/mol. The highest BCUT2D eigenvalue weighted by molar-refractivity contribution is 5.99. The molecular weight excluding hydrogens is 356 g/mol. The molecule has 2 aromatic rings. The number of piperidine rings is 1. The van der Waals surface area contributed by atoms with Crippen LogP contribution in [0.4, 0.5) is 5.69 Å². The van der Waals surface area contributed by atoms with Crippen molar-refractivity contribution >= 4 is 17.5 Å². The number of likely N-dealkylation sites (tertiary alicyclic amines) is 1. The van der Waals surface area contributed by atoms with Gasteiger partial charge in [-0.15, -0.1) is 0 Å². The number of nitrogens with zero attached hydrogens (tertiary/aromatic N) is 1. The van der Waals surface area contributed by atoms with Gasteiger partial charge in [0.25, 0.3) is 11.8 Å². The summed E-state index contributed by atoms with van der Waals surface area (Å²) >= 11 is 0. The highest BCUT2D eigenvalue weighted by Gasteiger charge is 2.25. The quantitative estimate of drug-likeness (QED) is 0.885. The Morgan fingerprint density at radius 1 is 1.21 bits per heavy atom. The van der Waals surface area contributed by atoms with Crippen molar-refractivity contribution in [3.05, 3.63) is 53.6 Å². The molecule has 0 spiro atoms. The summed E-state index contributed by atoms with van der Waals surface area (Å²) in [6.07, 6.45) is 2.96. The lowest BCUT2D eigenvalue weighted by atomic mass is 9.90. The maximum absolute atomic E-state index is 12.9. The maximum Gasteiger partial charge on any atom is 0.262 e. The Labute approximate surface area is 164 Å². The molecule has 0 saturated carbocycles. The smallest absolute Gasteiger partial charge is 0.262 e. The van der Waals surface area contributed by atoms with Crippen LogP contribution in [-0.2, 0) is 11.2 Å². The first-order chi connectivity index (χ1) is 13.6. The number of carbonyl (C=O) groups excluding carboxylic acids is 2. The molecule has 6 heteroatoms. The largest absolute Gasteiger partial charge is 0.497 e. The van der Waals surface area contributed by atoms with Gasteiger partial charge >= 0.3 is 0 Å². The van der Waals surface area contributed by atoms with Crippen LogP contribution in [0.25, 0.3) is 0 Å². The lowest BCUT2D eigenvalue weighted by Gasteiger charge is -2.32. The summed E-state index contributed by atoms with van der Waals surface area (Å²) in [7, 11) is 1.68. The number of hydrogen-bond acceptors (Lipinski definition) is 4. The van der Waals surface area contributed by atoms with Crippen molar-refractivity contribution in [2.75, 3.05) is 32.1 Å². The van der Waals surface area contributed by atoms with Crippen molar-refractivity contribution in [2.24, 2.45) is 5.92 Å². The Balaban J connectivity index is 1.36. The van der Waals surface area contributed by atoms with E-state index in [9.17, 15) is 9.59 Å². The van der Waals surface area contributed by atoms with Gasteiger partial charge in [0.05, 0.1) is 12.8 Å². The second kappa shape index (κ2) is 7.92. The van der Waals surface area contributed by atoms with E-state index < -0.39 is 0 Å². The molecule has 4 rings (SSSR count). The third kappa shape index (κ3) is 3.96. The van der Waals surface area contributed by atoms with E-state index in [-0.39, 0.29) is 18.4 Å². The SMILES string of the molecule is COc1cccc(CC2CCN(C(=O)c3ccc4c(c3)NC(=O)CO4)CC2)c1. The van der Waals surface area contributed by atoms with E-state index in [0.29, 0.717) is 22.9 Å². The van der Waals surface area contributed by atoms with Crippen molar-refractivity contribution in [1.82, 2.24) is 4.90 Å². The molecule has 2 aliphatic heterocycles. The minimum atomic E-state index is -0.199. The molecular formula is C22H24N2O4. The lowest BCUT2D eigenvalue weighted by Crippen LogP contribution is -2.39. The number of amides is 2. The van der Waals surface area contributed by atoms with Crippen molar-refractivity contribution < 1.29 is 19.1 Å². The number of nitrogens with one attached hydrogen (secondary N) is 1. The van der Waals surface area contributed by atoms with Crippen molar-refractivity contribution in [2.45, 2.75) is 19.3 Å². The van der Waals surface area contributed by atoms with E-state index in [1.54, 1.807) is 25.3 Å². The number of methoxy groups -OCH3 is 1. The summed E-state index contributed by atoms with van der Waals surface area (Å²) < 4.78 is 10.7. The molecule has 0 atom stereocenters.